The van der Waals surface area contributed by atoms with Crippen molar-refractivity contribution >= 4 is 10.2 Å². The molecule has 0 aromatic rings. The number of rotatable bonds is 5. The van der Waals surface area contributed by atoms with Crippen LogP contribution in [0, 0.1) is 5.92 Å². The highest BCUT2D eigenvalue weighted by atomic mass is 32.2. The van der Waals surface area contributed by atoms with Crippen LogP contribution in [0.1, 0.15) is 44.9 Å². The Bertz CT molecular complexity index is 416. The van der Waals surface area contributed by atoms with Gasteiger partial charge in [-0.15, -0.1) is 0 Å². The first-order valence-corrected chi connectivity index (χ1v) is 9.54. The summed E-state index contributed by atoms with van der Waals surface area (Å²) in [6.45, 7) is 3.82. The standard InChI is InChI=1S/C14H27N3O2S/c18-20(19,16-8-2-1-3-9-16)17-10-4-5-13(12-17)11-15-14-6-7-14/h13-15H,1-12H2. The summed E-state index contributed by atoms with van der Waals surface area (Å²) >= 11 is 0. The van der Waals surface area contributed by atoms with Gasteiger partial charge >= 0.3 is 0 Å². The van der Waals surface area contributed by atoms with Crippen LogP contribution in [-0.4, -0.2) is 55.8 Å². The van der Waals surface area contributed by atoms with Gasteiger partial charge in [-0.3, -0.25) is 0 Å². The molecule has 3 fully saturated rings. The highest BCUT2D eigenvalue weighted by molar-refractivity contribution is 7.86. The molecule has 2 aliphatic heterocycles. The predicted octanol–water partition coefficient (Wildman–Crippen LogP) is 1.18. The molecule has 1 aliphatic carbocycles. The predicted molar refractivity (Wildman–Crippen MR) is 79.7 cm³/mol. The Morgan fingerprint density at radius 3 is 2.30 bits per heavy atom. The fourth-order valence-corrected chi connectivity index (χ4v) is 5.09. The lowest BCUT2D eigenvalue weighted by Gasteiger charge is -2.36. The molecule has 0 bridgehead atoms. The zero-order valence-electron chi connectivity index (χ0n) is 12.3. The third-order valence-electron chi connectivity index (χ3n) is 4.72. The van der Waals surface area contributed by atoms with Crippen LogP contribution in [0.15, 0.2) is 0 Å². The third kappa shape index (κ3) is 3.53. The summed E-state index contributed by atoms with van der Waals surface area (Å²) in [6, 6.07) is 0.712. The molecule has 1 saturated carbocycles. The summed E-state index contributed by atoms with van der Waals surface area (Å²) in [7, 11) is -3.20. The number of nitrogens with one attached hydrogen (secondary N) is 1. The van der Waals surface area contributed by atoms with E-state index >= 15 is 0 Å². The van der Waals surface area contributed by atoms with E-state index in [2.05, 4.69) is 5.32 Å². The highest BCUT2D eigenvalue weighted by Crippen LogP contribution is 2.24. The van der Waals surface area contributed by atoms with Crippen molar-refractivity contribution in [3.63, 3.8) is 0 Å². The van der Waals surface area contributed by atoms with E-state index in [1.54, 1.807) is 8.61 Å². The monoisotopic (exact) mass is 301 g/mol. The molecule has 0 aromatic carbocycles. The van der Waals surface area contributed by atoms with Crippen molar-refractivity contribution in [2.45, 2.75) is 51.0 Å². The summed E-state index contributed by atoms with van der Waals surface area (Å²) in [6.07, 6.45) is 7.94. The lowest BCUT2D eigenvalue weighted by Crippen LogP contribution is -2.50. The maximum Gasteiger partial charge on any atom is 0.281 e. The van der Waals surface area contributed by atoms with Gasteiger partial charge in [0, 0.05) is 32.2 Å². The fraction of sp³-hybridized carbons (Fsp3) is 1.00. The van der Waals surface area contributed by atoms with Crippen LogP contribution in [-0.2, 0) is 10.2 Å². The van der Waals surface area contributed by atoms with Gasteiger partial charge in [-0.25, -0.2) is 0 Å². The van der Waals surface area contributed by atoms with Crippen molar-refractivity contribution in [2.75, 3.05) is 32.7 Å². The van der Waals surface area contributed by atoms with Crippen molar-refractivity contribution in [3.05, 3.63) is 0 Å². The molecular weight excluding hydrogens is 274 g/mol. The molecule has 0 radical (unpaired) electrons. The van der Waals surface area contributed by atoms with Crippen LogP contribution in [0.25, 0.3) is 0 Å². The van der Waals surface area contributed by atoms with E-state index < -0.39 is 10.2 Å². The summed E-state index contributed by atoms with van der Waals surface area (Å²) in [5.74, 6) is 0.490. The molecule has 3 aliphatic rings. The molecule has 116 valence electrons. The second-order valence-corrected chi connectivity index (χ2v) is 8.44. The Hall–Kier alpha value is -0.170. The average molecular weight is 301 g/mol. The molecule has 0 amide bonds. The number of piperidine rings is 2. The third-order valence-corrected chi connectivity index (χ3v) is 6.72. The molecule has 1 atom stereocenters. The molecule has 2 heterocycles. The van der Waals surface area contributed by atoms with E-state index in [9.17, 15) is 8.42 Å². The number of nitrogens with zero attached hydrogens (tertiary/aromatic N) is 2. The second kappa shape index (κ2) is 6.30. The SMILES string of the molecule is O=S(=O)(N1CCCCC1)N1CCCC(CNC2CC2)C1. The first-order valence-electron chi connectivity index (χ1n) is 8.15. The van der Waals surface area contributed by atoms with Gasteiger partial charge in [0.1, 0.15) is 0 Å². The van der Waals surface area contributed by atoms with Gasteiger partial charge in [0.15, 0.2) is 0 Å². The van der Waals surface area contributed by atoms with Gasteiger partial charge in [-0.2, -0.15) is 17.0 Å². The van der Waals surface area contributed by atoms with Crippen LogP contribution >= 0.6 is 0 Å². The maximum absolute atomic E-state index is 12.7. The van der Waals surface area contributed by atoms with E-state index in [4.69, 9.17) is 0 Å². The summed E-state index contributed by atoms with van der Waals surface area (Å²) in [5.41, 5.74) is 0. The van der Waals surface area contributed by atoms with E-state index in [-0.39, 0.29) is 0 Å². The van der Waals surface area contributed by atoms with Crippen LogP contribution in [0.5, 0.6) is 0 Å². The van der Waals surface area contributed by atoms with Crippen LogP contribution < -0.4 is 5.32 Å². The molecular formula is C14H27N3O2S. The van der Waals surface area contributed by atoms with E-state index in [0.29, 0.717) is 38.1 Å². The van der Waals surface area contributed by atoms with Crippen LogP contribution in [0.3, 0.4) is 0 Å². The minimum Gasteiger partial charge on any atom is -0.314 e. The molecule has 0 spiro atoms. The Balaban J connectivity index is 1.56. The summed E-state index contributed by atoms with van der Waals surface area (Å²) < 4.78 is 28.8. The second-order valence-electron chi connectivity index (χ2n) is 6.52. The van der Waals surface area contributed by atoms with E-state index in [1.165, 1.54) is 19.3 Å². The molecule has 2 saturated heterocycles. The topological polar surface area (TPSA) is 52.7 Å². The Morgan fingerprint density at radius 2 is 1.60 bits per heavy atom. The van der Waals surface area contributed by atoms with Gasteiger partial charge in [0.25, 0.3) is 10.2 Å². The Labute approximate surface area is 122 Å². The molecule has 6 heteroatoms. The first-order chi connectivity index (χ1) is 9.66. The van der Waals surface area contributed by atoms with Crippen molar-refractivity contribution in [1.29, 1.82) is 0 Å². The first kappa shape index (κ1) is 14.8. The molecule has 5 nitrogen and oxygen atoms in total. The maximum atomic E-state index is 12.7. The number of hydrogen-bond donors (Lipinski definition) is 1. The van der Waals surface area contributed by atoms with Crippen molar-refractivity contribution in [3.8, 4) is 0 Å². The smallest absolute Gasteiger partial charge is 0.281 e. The quantitative estimate of drug-likeness (QED) is 0.829. The van der Waals surface area contributed by atoms with Crippen molar-refractivity contribution in [2.24, 2.45) is 5.92 Å². The van der Waals surface area contributed by atoms with Crippen molar-refractivity contribution in [1.82, 2.24) is 13.9 Å². The van der Waals surface area contributed by atoms with Gasteiger partial charge in [0.05, 0.1) is 0 Å². The molecule has 1 unspecified atom stereocenters. The Morgan fingerprint density at radius 1 is 0.900 bits per heavy atom. The van der Waals surface area contributed by atoms with Crippen molar-refractivity contribution < 1.29 is 8.42 Å². The molecule has 3 rings (SSSR count). The zero-order chi connectivity index (χ0) is 14.0. The van der Waals surface area contributed by atoms with Crippen LogP contribution in [0.2, 0.25) is 0 Å². The lowest BCUT2D eigenvalue weighted by atomic mass is 10.00. The fourth-order valence-electron chi connectivity index (χ4n) is 3.28. The Kier molecular flexibility index (Phi) is 4.65. The average Bonchev–Trinajstić information content (AvgIpc) is 3.31. The van der Waals surface area contributed by atoms with Gasteiger partial charge in [-0.1, -0.05) is 6.42 Å². The van der Waals surface area contributed by atoms with Crippen LogP contribution in [0.4, 0.5) is 0 Å². The van der Waals surface area contributed by atoms with E-state index in [0.717, 1.165) is 32.2 Å². The largest absolute Gasteiger partial charge is 0.314 e. The summed E-state index contributed by atoms with van der Waals surface area (Å²) in [5, 5.41) is 3.54. The zero-order valence-corrected chi connectivity index (χ0v) is 13.1. The lowest BCUT2D eigenvalue weighted by molar-refractivity contribution is 0.234. The number of hydrogen-bond acceptors (Lipinski definition) is 3. The molecule has 0 aromatic heterocycles. The van der Waals surface area contributed by atoms with Gasteiger partial charge in [0.2, 0.25) is 0 Å². The highest BCUT2D eigenvalue weighted by Gasteiger charge is 2.34. The van der Waals surface area contributed by atoms with Gasteiger partial charge in [-0.05, 0) is 51.0 Å². The summed E-state index contributed by atoms with van der Waals surface area (Å²) in [4.78, 5) is 0. The normalized spacial score (nSPS) is 30.5. The minimum absolute atomic E-state index is 0.490. The molecule has 20 heavy (non-hydrogen) atoms. The van der Waals surface area contributed by atoms with E-state index in [1.807, 2.05) is 0 Å². The minimum atomic E-state index is -3.20. The van der Waals surface area contributed by atoms with Gasteiger partial charge < -0.3 is 5.32 Å². The molecule has 1 N–H and O–H groups in total.